The van der Waals surface area contributed by atoms with E-state index in [0.717, 1.165) is 12.1 Å². The highest BCUT2D eigenvalue weighted by Crippen LogP contribution is 2.30. The zero-order valence-electron chi connectivity index (χ0n) is 10.1. The second-order valence-electron chi connectivity index (χ2n) is 3.87. The summed E-state index contributed by atoms with van der Waals surface area (Å²) in [6, 6.07) is 8.63. The number of hydrogen-bond donors (Lipinski definition) is 2. The molecule has 2 rings (SSSR count). The van der Waals surface area contributed by atoms with E-state index in [1.165, 1.54) is 18.3 Å². The number of carbonyl (C=O) groups is 1. The number of carbonyl (C=O) groups excluding carboxylic acids is 1. The van der Waals surface area contributed by atoms with E-state index in [1.807, 2.05) is 0 Å². The Labute approximate surface area is 112 Å². The standard InChI is InChI=1S/C13H10F3N3O/c14-13(15,16)9-4-3-5-10(8-9)18-12(20)19-11-6-1-2-7-17-11/h1-8H,(H2,17,18,19,20). The molecule has 1 aromatic heterocycles. The topological polar surface area (TPSA) is 54.0 Å². The number of hydrogen-bond acceptors (Lipinski definition) is 2. The molecule has 20 heavy (non-hydrogen) atoms. The van der Waals surface area contributed by atoms with Crippen molar-refractivity contribution in [3.05, 3.63) is 54.2 Å². The number of nitrogens with one attached hydrogen (secondary N) is 2. The average molecular weight is 281 g/mol. The Balaban J connectivity index is 2.05. The zero-order valence-corrected chi connectivity index (χ0v) is 10.1. The van der Waals surface area contributed by atoms with E-state index in [4.69, 9.17) is 0 Å². The number of pyridine rings is 1. The smallest absolute Gasteiger partial charge is 0.308 e. The third kappa shape index (κ3) is 3.71. The molecule has 0 saturated carbocycles. The molecule has 104 valence electrons. The fourth-order valence-electron chi connectivity index (χ4n) is 1.49. The number of halogens is 3. The van der Waals surface area contributed by atoms with Gasteiger partial charge in [0.25, 0.3) is 0 Å². The van der Waals surface area contributed by atoms with Crippen molar-refractivity contribution in [1.82, 2.24) is 4.98 Å². The Hall–Kier alpha value is -2.57. The van der Waals surface area contributed by atoms with Gasteiger partial charge in [-0.1, -0.05) is 12.1 Å². The van der Waals surface area contributed by atoms with Gasteiger partial charge in [-0.05, 0) is 30.3 Å². The Morgan fingerprint density at radius 3 is 2.50 bits per heavy atom. The summed E-state index contributed by atoms with van der Waals surface area (Å²) >= 11 is 0. The van der Waals surface area contributed by atoms with Gasteiger partial charge < -0.3 is 5.32 Å². The van der Waals surface area contributed by atoms with Crippen LogP contribution >= 0.6 is 0 Å². The van der Waals surface area contributed by atoms with E-state index in [9.17, 15) is 18.0 Å². The Bertz CT molecular complexity index is 599. The molecule has 0 spiro atoms. The summed E-state index contributed by atoms with van der Waals surface area (Å²) in [5, 5.41) is 4.72. The van der Waals surface area contributed by atoms with Crippen LogP contribution in [-0.4, -0.2) is 11.0 Å². The number of urea groups is 1. The number of alkyl halides is 3. The molecule has 0 unspecified atom stereocenters. The molecule has 0 radical (unpaired) electrons. The number of rotatable bonds is 2. The maximum Gasteiger partial charge on any atom is 0.416 e. The first-order valence-corrected chi connectivity index (χ1v) is 5.61. The molecule has 1 heterocycles. The molecule has 0 fully saturated rings. The summed E-state index contributed by atoms with van der Waals surface area (Å²) in [6.07, 6.45) is -2.96. The van der Waals surface area contributed by atoms with E-state index < -0.39 is 17.8 Å². The summed E-state index contributed by atoms with van der Waals surface area (Å²) in [6.45, 7) is 0. The second kappa shape index (κ2) is 5.60. The first kappa shape index (κ1) is 13.9. The quantitative estimate of drug-likeness (QED) is 0.881. The summed E-state index contributed by atoms with van der Waals surface area (Å²) < 4.78 is 37.5. The molecule has 0 aliphatic rings. The number of amides is 2. The van der Waals surface area contributed by atoms with Gasteiger partial charge in [-0.15, -0.1) is 0 Å². The first-order chi connectivity index (χ1) is 9.45. The molecule has 0 aliphatic heterocycles. The molecule has 7 heteroatoms. The molecule has 2 N–H and O–H groups in total. The molecule has 1 aromatic carbocycles. The molecule has 0 aliphatic carbocycles. The maximum absolute atomic E-state index is 12.5. The summed E-state index contributed by atoms with van der Waals surface area (Å²) in [4.78, 5) is 15.5. The highest BCUT2D eigenvalue weighted by atomic mass is 19.4. The number of anilines is 2. The third-order valence-corrected chi connectivity index (χ3v) is 2.35. The molecule has 0 saturated heterocycles. The number of benzene rings is 1. The van der Waals surface area contributed by atoms with Crippen molar-refractivity contribution in [2.24, 2.45) is 0 Å². The van der Waals surface area contributed by atoms with E-state index in [-0.39, 0.29) is 5.69 Å². The van der Waals surface area contributed by atoms with Crippen LogP contribution in [0.4, 0.5) is 29.5 Å². The van der Waals surface area contributed by atoms with Crippen molar-refractivity contribution < 1.29 is 18.0 Å². The van der Waals surface area contributed by atoms with Gasteiger partial charge >= 0.3 is 12.2 Å². The van der Waals surface area contributed by atoms with Gasteiger partial charge in [0.2, 0.25) is 0 Å². The molecular formula is C13H10F3N3O. The van der Waals surface area contributed by atoms with Gasteiger partial charge in [0.05, 0.1) is 5.56 Å². The Morgan fingerprint density at radius 2 is 1.85 bits per heavy atom. The van der Waals surface area contributed by atoms with Gasteiger partial charge in [0.15, 0.2) is 0 Å². The van der Waals surface area contributed by atoms with Crippen molar-refractivity contribution in [3.63, 3.8) is 0 Å². The molecule has 2 amide bonds. The lowest BCUT2D eigenvalue weighted by Crippen LogP contribution is -2.20. The van der Waals surface area contributed by atoms with Crippen molar-refractivity contribution in [2.45, 2.75) is 6.18 Å². The van der Waals surface area contributed by atoms with Crippen LogP contribution in [0, 0.1) is 0 Å². The lowest BCUT2D eigenvalue weighted by molar-refractivity contribution is -0.137. The van der Waals surface area contributed by atoms with Gasteiger partial charge in [-0.2, -0.15) is 13.2 Å². The van der Waals surface area contributed by atoms with E-state index in [1.54, 1.807) is 18.2 Å². The summed E-state index contributed by atoms with van der Waals surface area (Å²) in [7, 11) is 0. The minimum Gasteiger partial charge on any atom is -0.308 e. The second-order valence-corrected chi connectivity index (χ2v) is 3.87. The minimum atomic E-state index is -4.45. The SMILES string of the molecule is O=C(Nc1cccc(C(F)(F)F)c1)Nc1ccccn1. The average Bonchev–Trinajstić information content (AvgIpc) is 2.39. The minimum absolute atomic E-state index is 0.0493. The van der Waals surface area contributed by atoms with Crippen LogP contribution in [0.15, 0.2) is 48.7 Å². The van der Waals surface area contributed by atoms with Crippen LogP contribution in [-0.2, 0) is 6.18 Å². The number of nitrogens with zero attached hydrogens (tertiary/aromatic N) is 1. The van der Waals surface area contributed by atoms with Crippen molar-refractivity contribution >= 4 is 17.5 Å². The Morgan fingerprint density at radius 1 is 1.05 bits per heavy atom. The van der Waals surface area contributed by atoms with Crippen molar-refractivity contribution in [3.8, 4) is 0 Å². The predicted octanol–water partition coefficient (Wildman–Crippen LogP) is 3.74. The van der Waals surface area contributed by atoms with Crippen molar-refractivity contribution in [2.75, 3.05) is 10.6 Å². The van der Waals surface area contributed by atoms with Crippen molar-refractivity contribution in [1.29, 1.82) is 0 Å². The van der Waals surface area contributed by atoms with E-state index in [0.29, 0.717) is 5.82 Å². The fourth-order valence-corrected chi connectivity index (χ4v) is 1.49. The monoisotopic (exact) mass is 281 g/mol. The van der Waals surface area contributed by atoms with Crippen LogP contribution < -0.4 is 10.6 Å². The highest BCUT2D eigenvalue weighted by molar-refractivity contribution is 5.99. The lowest BCUT2D eigenvalue weighted by Gasteiger charge is -2.10. The summed E-state index contributed by atoms with van der Waals surface area (Å²) in [5.41, 5.74) is -0.776. The van der Waals surface area contributed by atoms with Crippen LogP contribution in [0.3, 0.4) is 0 Å². The maximum atomic E-state index is 12.5. The first-order valence-electron chi connectivity index (χ1n) is 5.61. The summed E-state index contributed by atoms with van der Waals surface area (Å²) in [5.74, 6) is 0.303. The lowest BCUT2D eigenvalue weighted by atomic mass is 10.2. The molecule has 2 aromatic rings. The van der Waals surface area contributed by atoms with Crippen LogP contribution in [0.2, 0.25) is 0 Å². The third-order valence-electron chi connectivity index (χ3n) is 2.35. The van der Waals surface area contributed by atoms with Crippen LogP contribution in [0.5, 0.6) is 0 Å². The van der Waals surface area contributed by atoms with Gasteiger partial charge in [-0.25, -0.2) is 9.78 Å². The van der Waals surface area contributed by atoms with Gasteiger partial charge in [0.1, 0.15) is 5.82 Å². The van der Waals surface area contributed by atoms with E-state index >= 15 is 0 Å². The zero-order chi connectivity index (χ0) is 14.6. The van der Waals surface area contributed by atoms with E-state index in [2.05, 4.69) is 15.6 Å². The largest absolute Gasteiger partial charge is 0.416 e. The molecule has 4 nitrogen and oxygen atoms in total. The Kier molecular flexibility index (Phi) is 3.88. The van der Waals surface area contributed by atoms with Gasteiger partial charge in [-0.3, -0.25) is 5.32 Å². The molecular weight excluding hydrogens is 271 g/mol. The van der Waals surface area contributed by atoms with Crippen LogP contribution in [0.1, 0.15) is 5.56 Å². The molecule has 0 bridgehead atoms. The highest BCUT2D eigenvalue weighted by Gasteiger charge is 2.30. The fraction of sp³-hybridized carbons (Fsp3) is 0.0769. The van der Waals surface area contributed by atoms with Crippen LogP contribution in [0.25, 0.3) is 0 Å². The number of aromatic nitrogens is 1. The predicted molar refractivity (Wildman–Crippen MR) is 68.3 cm³/mol. The van der Waals surface area contributed by atoms with Gasteiger partial charge in [0, 0.05) is 11.9 Å². The molecule has 0 atom stereocenters. The normalized spacial score (nSPS) is 10.9.